The normalized spacial score (nSPS) is 14.8. The van der Waals surface area contributed by atoms with Gasteiger partial charge in [0.05, 0.1) is 18.8 Å². The molecule has 8 heteroatoms. The molecule has 1 aliphatic rings. The number of amides is 1. The molecule has 3 rings (SSSR count). The van der Waals surface area contributed by atoms with E-state index in [0.29, 0.717) is 30.4 Å². The molecule has 0 atom stereocenters. The number of carbonyl (C=O) groups is 1. The predicted octanol–water partition coefficient (Wildman–Crippen LogP) is 0.899. The number of hydrogen-bond acceptors (Lipinski definition) is 7. The van der Waals surface area contributed by atoms with Crippen LogP contribution >= 0.6 is 0 Å². The average Bonchev–Trinajstić information content (AvgIpc) is 2.68. The van der Waals surface area contributed by atoms with Crippen LogP contribution in [0.2, 0.25) is 0 Å². The number of hydrogen-bond donors (Lipinski definition) is 2. The van der Waals surface area contributed by atoms with Crippen molar-refractivity contribution in [2.24, 2.45) is 5.73 Å². The van der Waals surface area contributed by atoms with Crippen LogP contribution in [0.1, 0.15) is 15.9 Å². The third-order valence-corrected chi connectivity index (χ3v) is 4.09. The van der Waals surface area contributed by atoms with Crippen molar-refractivity contribution in [3.05, 3.63) is 47.8 Å². The molecule has 0 unspecified atom stereocenters. The van der Waals surface area contributed by atoms with Crippen LogP contribution in [0.4, 0.5) is 5.82 Å². The van der Waals surface area contributed by atoms with Gasteiger partial charge in [-0.25, -0.2) is 9.97 Å². The molecule has 0 spiro atoms. The number of nitrogens with zero attached hydrogens (tertiary/aromatic N) is 3. The van der Waals surface area contributed by atoms with Gasteiger partial charge in [0.2, 0.25) is 5.88 Å². The molecule has 138 valence electrons. The van der Waals surface area contributed by atoms with Crippen LogP contribution < -0.4 is 15.8 Å². The topological polar surface area (TPSA) is 103 Å². The first-order valence-corrected chi connectivity index (χ1v) is 8.59. The van der Waals surface area contributed by atoms with Gasteiger partial charge in [0.25, 0.3) is 5.91 Å². The number of pyridine rings is 2. The minimum Gasteiger partial charge on any atom is -0.476 e. The molecule has 3 heterocycles. The molecular formula is C18H23N5O3. The zero-order valence-electron chi connectivity index (χ0n) is 14.6. The Balaban J connectivity index is 1.52. The molecule has 0 saturated carbocycles. The number of anilines is 1. The van der Waals surface area contributed by atoms with E-state index in [-0.39, 0.29) is 0 Å². The molecule has 8 nitrogen and oxygen atoms in total. The van der Waals surface area contributed by atoms with Gasteiger partial charge in [-0.15, -0.1) is 0 Å². The summed E-state index contributed by atoms with van der Waals surface area (Å²) in [4.78, 5) is 22.1. The number of nitrogens with one attached hydrogen (secondary N) is 1. The lowest BCUT2D eigenvalue weighted by atomic mass is 10.2. The van der Waals surface area contributed by atoms with E-state index >= 15 is 0 Å². The highest BCUT2D eigenvalue weighted by Gasteiger charge is 2.11. The van der Waals surface area contributed by atoms with E-state index < -0.39 is 5.91 Å². The molecule has 2 aromatic rings. The van der Waals surface area contributed by atoms with Crippen molar-refractivity contribution < 1.29 is 14.3 Å². The minimum atomic E-state index is -0.512. The Morgan fingerprint density at radius 1 is 1.27 bits per heavy atom. The standard InChI is InChI=1S/C18H23N5O3/c19-17(24)15-2-1-4-21-18(15)22-13-14-3-5-20-16(12-14)26-11-8-23-6-9-25-10-7-23/h1-5,12H,6-11,13H2,(H2,19,24)(H,21,22). The second-order valence-electron chi connectivity index (χ2n) is 5.92. The van der Waals surface area contributed by atoms with Crippen molar-refractivity contribution in [2.45, 2.75) is 6.54 Å². The SMILES string of the molecule is NC(=O)c1cccnc1NCc1ccnc(OCCN2CCOCC2)c1. The molecule has 1 amide bonds. The van der Waals surface area contributed by atoms with E-state index in [0.717, 1.165) is 38.4 Å². The Morgan fingerprint density at radius 3 is 2.92 bits per heavy atom. The molecule has 0 aliphatic carbocycles. The fourth-order valence-corrected chi connectivity index (χ4v) is 2.67. The van der Waals surface area contributed by atoms with Crippen LogP contribution in [0.5, 0.6) is 5.88 Å². The van der Waals surface area contributed by atoms with Gasteiger partial charge in [0.15, 0.2) is 0 Å². The summed E-state index contributed by atoms with van der Waals surface area (Å²) >= 11 is 0. The molecular weight excluding hydrogens is 334 g/mol. The summed E-state index contributed by atoms with van der Waals surface area (Å²) in [5.41, 5.74) is 6.70. The molecule has 1 saturated heterocycles. The monoisotopic (exact) mass is 357 g/mol. The highest BCUT2D eigenvalue weighted by Crippen LogP contribution is 2.14. The number of carbonyl (C=O) groups excluding carboxylic acids is 1. The number of primary amides is 1. The summed E-state index contributed by atoms with van der Waals surface area (Å²) in [7, 11) is 0. The lowest BCUT2D eigenvalue weighted by Crippen LogP contribution is -2.38. The van der Waals surface area contributed by atoms with Gasteiger partial charge < -0.3 is 20.5 Å². The Bertz CT molecular complexity index is 734. The van der Waals surface area contributed by atoms with E-state index in [2.05, 4.69) is 20.2 Å². The van der Waals surface area contributed by atoms with Crippen molar-refractivity contribution in [1.29, 1.82) is 0 Å². The zero-order valence-corrected chi connectivity index (χ0v) is 14.6. The van der Waals surface area contributed by atoms with Crippen molar-refractivity contribution in [2.75, 3.05) is 44.8 Å². The summed E-state index contributed by atoms with van der Waals surface area (Å²) in [6.07, 6.45) is 3.32. The van der Waals surface area contributed by atoms with Crippen LogP contribution in [-0.4, -0.2) is 60.2 Å². The van der Waals surface area contributed by atoms with Crippen LogP contribution in [-0.2, 0) is 11.3 Å². The average molecular weight is 357 g/mol. The number of aromatic nitrogens is 2. The zero-order chi connectivity index (χ0) is 18.2. The van der Waals surface area contributed by atoms with Gasteiger partial charge in [-0.05, 0) is 23.8 Å². The van der Waals surface area contributed by atoms with Gasteiger partial charge in [-0.1, -0.05) is 0 Å². The Morgan fingerprint density at radius 2 is 2.12 bits per heavy atom. The molecule has 1 aliphatic heterocycles. The van der Waals surface area contributed by atoms with Gasteiger partial charge in [-0.3, -0.25) is 9.69 Å². The first-order valence-electron chi connectivity index (χ1n) is 8.59. The smallest absolute Gasteiger partial charge is 0.252 e. The summed E-state index contributed by atoms with van der Waals surface area (Å²) < 4.78 is 11.1. The molecule has 3 N–H and O–H groups in total. The summed E-state index contributed by atoms with van der Waals surface area (Å²) in [5, 5.41) is 3.13. The van der Waals surface area contributed by atoms with Gasteiger partial charge >= 0.3 is 0 Å². The first-order chi connectivity index (χ1) is 12.7. The maximum Gasteiger partial charge on any atom is 0.252 e. The van der Waals surface area contributed by atoms with Crippen LogP contribution in [0.25, 0.3) is 0 Å². The lowest BCUT2D eigenvalue weighted by Gasteiger charge is -2.26. The molecule has 1 fully saturated rings. The van der Waals surface area contributed by atoms with E-state index in [4.69, 9.17) is 15.2 Å². The van der Waals surface area contributed by atoms with E-state index in [1.165, 1.54) is 0 Å². The largest absolute Gasteiger partial charge is 0.476 e. The second-order valence-corrected chi connectivity index (χ2v) is 5.92. The quantitative estimate of drug-likeness (QED) is 0.723. The van der Waals surface area contributed by atoms with Crippen molar-refractivity contribution in [3.8, 4) is 5.88 Å². The Hall–Kier alpha value is -2.71. The maximum atomic E-state index is 11.4. The Labute approximate surface area is 152 Å². The van der Waals surface area contributed by atoms with Gasteiger partial charge in [0, 0.05) is 44.6 Å². The van der Waals surface area contributed by atoms with Crippen molar-refractivity contribution in [3.63, 3.8) is 0 Å². The Kier molecular flexibility index (Phi) is 6.34. The van der Waals surface area contributed by atoms with Gasteiger partial charge in [0.1, 0.15) is 12.4 Å². The minimum absolute atomic E-state index is 0.364. The van der Waals surface area contributed by atoms with E-state index in [1.54, 1.807) is 24.5 Å². The number of nitrogens with two attached hydrogens (primary N) is 1. The van der Waals surface area contributed by atoms with E-state index in [1.807, 2.05) is 12.1 Å². The summed E-state index contributed by atoms with van der Waals surface area (Å²) in [6, 6.07) is 7.08. The van der Waals surface area contributed by atoms with Crippen molar-refractivity contribution in [1.82, 2.24) is 14.9 Å². The highest BCUT2D eigenvalue weighted by atomic mass is 16.5. The van der Waals surface area contributed by atoms with Crippen molar-refractivity contribution >= 4 is 11.7 Å². The molecule has 0 aromatic carbocycles. The second kappa shape index (κ2) is 9.12. The first kappa shape index (κ1) is 18.1. The maximum absolute atomic E-state index is 11.4. The molecule has 0 bridgehead atoms. The summed E-state index contributed by atoms with van der Waals surface area (Å²) in [6.45, 7) is 5.35. The predicted molar refractivity (Wildman–Crippen MR) is 97.1 cm³/mol. The fraction of sp³-hybridized carbons (Fsp3) is 0.389. The number of morpholine rings is 1. The van der Waals surface area contributed by atoms with Gasteiger partial charge in [-0.2, -0.15) is 0 Å². The molecule has 2 aromatic heterocycles. The third kappa shape index (κ3) is 5.14. The van der Waals surface area contributed by atoms with E-state index in [9.17, 15) is 4.79 Å². The van der Waals surface area contributed by atoms with Crippen LogP contribution in [0, 0.1) is 0 Å². The highest BCUT2D eigenvalue weighted by molar-refractivity contribution is 5.97. The lowest BCUT2D eigenvalue weighted by molar-refractivity contribution is 0.0320. The third-order valence-electron chi connectivity index (χ3n) is 4.09. The summed E-state index contributed by atoms with van der Waals surface area (Å²) in [5.74, 6) is 0.530. The number of ether oxygens (including phenoxy) is 2. The molecule has 26 heavy (non-hydrogen) atoms. The fourth-order valence-electron chi connectivity index (χ4n) is 2.67. The molecule has 0 radical (unpaired) electrons. The van der Waals surface area contributed by atoms with Crippen LogP contribution in [0.3, 0.4) is 0 Å². The van der Waals surface area contributed by atoms with Crippen LogP contribution in [0.15, 0.2) is 36.7 Å². The number of rotatable bonds is 8.